The molecule has 3 rings (SSSR count). The fourth-order valence-corrected chi connectivity index (χ4v) is 3.96. The average Bonchev–Trinajstić information content (AvgIpc) is 2.67. The molecular formula is C20H21NO4S. The van der Waals surface area contributed by atoms with E-state index in [1.165, 1.54) is 0 Å². The molecular weight excluding hydrogens is 350 g/mol. The second kappa shape index (κ2) is 7.76. The monoisotopic (exact) mass is 371 g/mol. The van der Waals surface area contributed by atoms with Crippen LogP contribution in [0.15, 0.2) is 65.6 Å². The number of hydrogen-bond acceptors (Lipinski definition) is 4. The minimum atomic E-state index is -3.58. The quantitative estimate of drug-likeness (QED) is 0.692. The van der Waals surface area contributed by atoms with Gasteiger partial charge in [0.1, 0.15) is 0 Å². The molecule has 0 amide bonds. The van der Waals surface area contributed by atoms with Gasteiger partial charge in [0.25, 0.3) is 0 Å². The van der Waals surface area contributed by atoms with Gasteiger partial charge >= 0.3 is 0 Å². The van der Waals surface area contributed by atoms with Crippen LogP contribution in [0.4, 0.5) is 0 Å². The van der Waals surface area contributed by atoms with Gasteiger partial charge in [0, 0.05) is 6.54 Å². The number of rotatable bonds is 7. The maximum absolute atomic E-state index is 12.6. The van der Waals surface area contributed by atoms with Gasteiger partial charge in [0.05, 0.1) is 19.1 Å². The number of hydrogen-bond donors (Lipinski definition) is 1. The summed E-state index contributed by atoms with van der Waals surface area (Å²) in [5.41, 5.74) is 0.882. The summed E-state index contributed by atoms with van der Waals surface area (Å²) in [6, 6.07) is 18.3. The Morgan fingerprint density at radius 2 is 1.65 bits per heavy atom. The van der Waals surface area contributed by atoms with Crippen LogP contribution in [0.3, 0.4) is 0 Å². The van der Waals surface area contributed by atoms with Gasteiger partial charge < -0.3 is 9.47 Å². The Hall–Kier alpha value is -2.57. The topological polar surface area (TPSA) is 64.6 Å². The third kappa shape index (κ3) is 3.81. The summed E-state index contributed by atoms with van der Waals surface area (Å²) in [6.07, 6.45) is 0.493. The number of ether oxygens (including phenoxy) is 2. The Morgan fingerprint density at radius 3 is 2.38 bits per heavy atom. The maximum atomic E-state index is 12.6. The summed E-state index contributed by atoms with van der Waals surface area (Å²) < 4.78 is 38.5. The number of methoxy groups -OCH3 is 2. The van der Waals surface area contributed by atoms with Gasteiger partial charge in [-0.05, 0) is 41.0 Å². The van der Waals surface area contributed by atoms with Crippen molar-refractivity contribution >= 4 is 20.8 Å². The number of nitrogens with one attached hydrogen (secondary N) is 1. The lowest BCUT2D eigenvalue weighted by Gasteiger charge is -2.13. The molecule has 26 heavy (non-hydrogen) atoms. The zero-order valence-corrected chi connectivity index (χ0v) is 15.5. The first-order valence-corrected chi connectivity index (χ1v) is 9.72. The summed E-state index contributed by atoms with van der Waals surface area (Å²) in [5.74, 6) is 1.25. The Balaban J connectivity index is 1.74. The number of fused-ring (bicyclic) bond motifs is 1. The SMILES string of the molecule is COc1cccc(CCNS(=O)(=O)c2ccc3ccccc3c2)c1OC. The zero-order valence-electron chi connectivity index (χ0n) is 14.7. The van der Waals surface area contributed by atoms with Gasteiger partial charge in [0.15, 0.2) is 11.5 Å². The smallest absolute Gasteiger partial charge is 0.240 e. The molecule has 0 spiro atoms. The Bertz CT molecular complexity index is 1020. The first-order chi connectivity index (χ1) is 12.5. The van der Waals surface area contributed by atoms with Crippen LogP contribution in [0.2, 0.25) is 0 Å². The average molecular weight is 371 g/mol. The maximum Gasteiger partial charge on any atom is 0.240 e. The van der Waals surface area contributed by atoms with Gasteiger partial charge in [-0.15, -0.1) is 0 Å². The van der Waals surface area contributed by atoms with Gasteiger partial charge in [-0.2, -0.15) is 0 Å². The summed E-state index contributed by atoms with van der Waals surface area (Å²) in [7, 11) is -0.436. The number of benzene rings is 3. The van der Waals surface area contributed by atoms with Crippen LogP contribution < -0.4 is 14.2 Å². The molecule has 0 bridgehead atoms. The molecule has 0 aliphatic rings. The normalized spacial score (nSPS) is 11.5. The molecule has 3 aromatic carbocycles. The van der Waals surface area contributed by atoms with E-state index in [2.05, 4.69) is 4.72 Å². The second-order valence-corrected chi connectivity index (χ2v) is 7.58. The van der Waals surface area contributed by atoms with Crippen LogP contribution >= 0.6 is 0 Å². The molecule has 0 heterocycles. The fourth-order valence-electron chi connectivity index (χ4n) is 2.89. The molecule has 0 aliphatic heterocycles. The van der Waals surface area contributed by atoms with Crippen molar-refractivity contribution in [2.45, 2.75) is 11.3 Å². The van der Waals surface area contributed by atoms with Crippen molar-refractivity contribution in [3.63, 3.8) is 0 Å². The van der Waals surface area contributed by atoms with Crippen LogP contribution in [0.1, 0.15) is 5.56 Å². The van der Waals surface area contributed by atoms with Crippen LogP contribution in [0.5, 0.6) is 11.5 Å². The van der Waals surface area contributed by atoms with Crippen LogP contribution in [0, 0.1) is 0 Å². The third-order valence-electron chi connectivity index (χ3n) is 4.20. The molecule has 0 saturated carbocycles. The first kappa shape index (κ1) is 18.2. The predicted molar refractivity (Wildman–Crippen MR) is 102 cm³/mol. The molecule has 5 nitrogen and oxygen atoms in total. The lowest BCUT2D eigenvalue weighted by Crippen LogP contribution is -2.26. The van der Waals surface area contributed by atoms with Crippen molar-refractivity contribution in [3.8, 4) is 11.5 Å². The highest BCUT2D eigenvalue weighted by atomic mass is 32.2. The summed E-state index contributed by atoms with van der Waals surface area (Å²) in [4.78, 5) is 0.258. The van der Waals surface area contributed by atoms with E-state index in [1.807, 2.05) is 48.5 Å². The molecule has 0 unspecified atom stereocenters. The highest BCUT2D eigenvalue weighted by Gasteiger charge is 2.15. The molecule has 0 aliphatic carbocycles. The predicted octanol–water partition coefficient (Wildman–Crippen LogP) is 3.38. The lowest BCUT2D eigenvalue weighted by atomic mass is 10.1. The third-order valence-corrected chi connectivity index (χ3v) is 5.66. The molecule has 3 aromatic rings. The molecule has 6 heteroatoms. The fraction of sp³-hybridized carbons (Fsp3) is 0.200. The van der Waals surface area contributed by atoms with Crippen molar-refractivity contribution in [1.29, 1.82) is 0 Å². The van der Waals surface area contributed by atoms with E-state index < -0.39 is 10.0 Å². The van der Waals surface area contributed by atoms with Crippen molar-refractivity contribution in [2.24, 2.45) is 0 Å². The van der Waals surface area contributed by atoms with Crippen molar-refractivity contribution in [1.82, 2.24) is 4.72 Å². The van der Waals surface area contributed by atoms with Gasteiger partial charge in [-0.3, -0.25) is 0 Å². The highest BCUT2D eigenvalue weighted by Crippen LogP contribution is 2.30. The van der Waals surface area contributed by atoms with Gasteiger partial charge in [0.2, 0.25) is 10.0 Å². The van der Waals surface area contributed by atoms with E-state index in [4.69, 9.17) is 9.47 Å². The minimum absolute atomic E-state index is 0.258. The number of sulfonamides is 1. The zero-order chi connectivity index (χ0) is 18.6. The van der Waals surface area contributed by atoms with Gasteiger partial charge in [-0.1, -0.05) is 42.5 Å². The summed E-state index contributed by atoms with van der Waals surface area (Å²) >= 11 is 0. The van der Waals surface area contributed by atoms with E-state index in [0.717, 1.165) is 16.3 Å². The Kier molecular flexibility index (Phi) is 5.44. The Labute approximate surface area is 153 Å². The molecule has 0 fully saturated rings. The molecule has 0 saturated heterocycles. The molecule has 136 valence electrons. The highest BCUT2D eigenvalue weighted by molar-refractivity contribution is 7.89. The van der Waals surface area contributed by atoms with E-state index >= 15 is 0 Å². The van der Waals surface area contributed by atoms with Crippen LogP contribution in [-0.4, -0.2) is 29.2 Å². The van der Waals surface area contributed by atoms with E-state index in [9.17, 15) is 8.42 Å². The molecule has 0 aromatic heterocycles. The molecule has 1 N–H and O–H groups in total. The van der Waals surface area contributed by atoms with Crippen LogP contribution in [-0.2, 0) is 16.4 Å². The van der Waals surface area contributed by atoms with Crippen molar-refractivity contribution < 1.29 is 17.9 Å². The van der Waals surface area contributed by atoms with Crippen molar-refractivity contribution in [2.75, 3.05) is 20.8 Å². The summed E-state index contributed by atoms with van der Waals surface area (Å²) in [6.45, 7) is 0.263. The molecule has 0 radical (unpaired) electrons. The standard InChI is InChI=1S/C20H21NO4S/c1-24-19-9-5-8-16(20(19)25-2)12-13-21-26(22,23)18-11-10-15-6-3-4-7-17(15)14-18/h3-11,14,21H,12-13H2,1-2H3. The van der Waals surface area contributed by atoms with Crippen molar-refractivity contribution in [3.05, 3.63) is 66.2 Å². The second-order valence-electron chi connectivity index (χ2n) is 5.81. The van der Waals surface area contributed by atoms with E-state index in [-0.39, 0.29) is 11.4 Å². The Morgan fingerprint density at radius 1 is 0.885 bits per heavy atom. The molecule has 0 atom stereocenters. The summed E-state index contributed by atoms with van der Waals surface area (Å²) in [5, 5.41) is 1.90. The van der Waals surface area contributed by atoms with Gasteiger partial charge in [-0.25, -0.2) is 13.1 Å². The number of para-hydroxylation sites is 1. The largest absolute Gasteiger partial charge is 0.493 e. The first-order valence-electron chi connectivity index (χ1n) is 8.23. The van der Waals surface area contributed by atoms with E-state index in [1.54, 1.807) is 26.4 Å². The minimum Gasteiger partial charge on any atom is -0.493 e. The van der Waals surface area contributed by atoms with Crippen LogP contribution in [0.25, 0.3) is 10.8 Å². The van der Waals surface area contributed by atoms with E-state index in [0.29, 0.717) is 17.9 Å². The lowest BCUT2D eigenvalue weighted by molar-refractivity contribution is 0.351.